The van der Waals surface area contributed by atoms with Gasteiger partial charge in [-0.25, -0.2) is 0 Å². The molecule has 5 aromatic rings. The highest BCUT2D eigenvalue weighted by Crippen LogP contribution is 2.31. The Morgan fingerprint density at radius 3 is 2.37 bits per heavy atom. The maximum absolute atomic E-state index is 13.1. The Labute approximate surface area is 176 Å². The lowest BCUT2D eigenvalue weighted by atomic mass is 10.0. The molecule has 0 bridgehead atoms. The van der Waals surface area contributed by atoms with Gasteiger partial charge in [0.05, 0.1) is 10.9 Å². The Morgan fingerprint density at radius 1 is 0.900 bits per heavy atom. The minimum atomic E-state index is -0.200. The summed E-state index contributed by atoms with van der Waals surface area (Å²) in [5.41, 5.74) is 3.15. The Bertz CT molecular complexity index is 1480. The molecule has 0 aliphatic rings. The van der Waals surface area contributed by atoms with Crippen molar-refractivity contribution in [3.8, 4) is 11.1 Å². The number of hydrogen-bond donors (Lipinski definition) is 0. The van der Waals surface area contributed by atoms with Crippen molar-refractivity contribution in [2.24, 2.45) is 0 Å². The molecule has 146 valence electrons. The van der Waals surface area contributed by atoms with E-state index in [0.29, 0.717) is 43.7 Å². The normalized spacial score (nSPS) is 11.3. The molecule has 5 heteroatoms. The third-order valence-corrected chi connectivity index (χ3v) is 5.48. The van der Waals surface area contributed by atoms with Gasteiger partial charge in [0.1, 0.15) is 17.4 Å². The van der Waals surface area contributed by atoms with Crippen molar-refractivity contribution in [2.45, 2.75) is 6.92 Å². The summed E-state index contributed by atoms with van der Waals surface area (Å²) < 4.78 is 11.6. The van der Waals surface area contributed by atoms with Crippen LogP contribution in [0.15, 0.2) is 86.6 Å². The zero-order valence-electron chi connectivity index (χ0n) is 15.9. The average Bonchev–Trinajstić information content (AvgIpc) is 3.09. The van der Waals surface area contributed by atoms with Crippen LogP contribution < -0.4 is 5.43 Å². The van der Waals surface area contributed by atoms with Gasteiger partial charge in [0.2, 0.25) is 11.2 Å². The molecule has 2 aromatic heterocycles. The molecule has 3 aromatic carbocycles. The number of carbonyl (C=O) groups is 1. The van der Waals surface area contributed by atoms with E-state index in [2.05, 4.69) is 0 Å². The summed E-state index contributed by atoms with van der Waals surface area (Å²) in [4.78, 5) is 26.0. The number of hydrogen-bond acceptors (Lipinski definition) is 4. The predicted molar refractivity (Wildman–Crippen MR) is 117 cm³/mol. The highest BCUT2D eigenvalue weighted by Gasteiger charge is 2.21. The highest BCUT2D eigenvalue weighted by molar-refractivity contribution is 6.30. The van der Waals surface area contributed by atoms with Crippen LogP contribution in [0.1, 0.15) is 21.7 Å². The smallest absolute Gasteiger partial charge is 0.228 e. The van der Waals surface area contributed by atoms with Gasteiger partial charge < -0.3 is 8.83 Å². The van der Waals surface area contributed by atoms with E-state index in [-0.39, 0.29) is 17.0 Å². The number of benzene rings is 3. The van der Waals surface area contributed by atoms with Gasteiger partial charge in [-0.3, -0.25) is 9.59 Å². The summed E-state index contributed by atoms with van der Waals surface area (Å²) in [5, 5.41) is 1.73. The Balaban J connectivity index is 1.69. The number of ketones is 1. The van der Waals surface area contributed by atoms with E-state index < -0.39 is 0 Å². The van der Waals surface area contributed by atoms with E-state index in [0.717, 1.165) is 5.56 Å². The first-order valence-corrected chi connectivity index (χ1v) is 9.75. The van der Waals surface area contributed by atoms with Crippen LogP contribution >= 0.6 is 11.6 Å². The molecule has 0 fully saturated rings. The molecular formula is C25H15ClO4. The predicted octanol–water partition coefficient (Wildman–Crippen LogP) is 6.40. The number of rotatable bonds is 3. The maximum Gasteiger partial charge on any atom is 0.228 e. The van der Waals surface area contributed by atoms with E-state index in [9.17, 15) is 9.59 Å². The van der Waals surface area contributed by atoms with Gasteiger partial charge in [-0.2, -0.15) is 0 Å². The van der Waals surface area contributed by atoms with Crippen LogP contribution in [0.5, 0.6) is 0 Å². The number of halogens is 1. The molecule has 30 heavy (non-hydrogen) atoms. The van der Waals surface area contributed by atoms with Crippen molar-refractivity contribution >= 4 is 39.3 Å². The van der Waals surface area contributed by atoms with Crippen molar-refractivity contribution in [3.63, 3.8) is 0 Å². The summed E-state index contributed by atoms with van der Waals surface area (Å²) in [6.07, 6.45) is 1.44. The monoisotopic (exact) mass is 414 g/mol. The summed E-state index contributed by atoms with van der Waals surface area (Å²) in [6, 6.07) is 19.4. The largest absolute Gasteiger partial charge is 0.463 e. The lowest BCUT2D eigenvalue weighted by molar-refractivity contribution is 0.101. The van der Waals surface area contributed by atoms with E-state index in [4.69, 9.17) is 20.4 Å². The number of furan rings is 1. The van der Waals surface area contributed by atoms with E-state index in [1.54, 1.807) is 60.7 Å². The number of aryl methyl sites for hydroxylation is 1. The fourth-order valence-corrected chi connectivity index (χ4v) is 3.74. The van der Waals surface area contributed by atoms with Gasteiger partial charge in [-0.1, -0.05) is 54.1 Å². The maximum atomic E-state index is 13.1. The molecule has 0 aliphatic carbocycles. The van der Waals surface area contributed by atoms with Gasteiger partial charge >= 0.3 is 0 Å². The van der Waals surface area contributed by atoms with Crippen molar-refractivity contribution < 1.29 is 13.6 Å². The molecule has 4 nitrogen and oxygen atoms in total. The molecule has 0 saturated carbocycles. The molecule has 2 heterocycles. The van der Waals surface area contributed by atoms with Gasteiger partial charge in [-0.05, 0) is 30.7 Å². The van der Waals surface area contributed by atoms with Gasteiger partial charge in [0, 0.05) is 27.6 Å². The summed E-state index contributed by atoms with van der Waals surface area (Å²) in [6.45, 7) is 1.82. The van der Waals surface area contributed by atoms with Crippen molar-refractivity contribution in [2.75, 3.05) is 0 Å². The molecule has 0 atom stereocenters. The van der Waals surface area contributed by atoms with E-state index in [1.807, 2.05) is 13.0 Å². The Kier molecular flexibility index (Phi) is 4.30. The SMILES string of the molecule is Cc1c(C(=O)c2ccccc2)oc2cc3occ(-c4ccc(Cl)cc4)c(=O)c3cc12. The van der Waals surface area contributed by atoms with Crippen LogP contribution in [0.2, 0.25) is 5.02 Å². The third kappa shape index (κ3) is 2.93. The molecule has 0 spiro atoms. The average molecular weight is 415 g/mol. The summed E-state index contributed by atoms with van der Waals surface area (Å²) >= 11 is 5.95. The second-order valence-corrected chi connectivity index (χ2v) is 7.52. The molecule has 0 amide bonds. The fourth-order valence-electron chi connectivity index (χ4n) is 3.61. The molecule has 5 rings (SSSR count). The summed E-state index contributed by atoms with van der Waals surface area (Å²) in [5.74, 6) is 0.0615. The minimum Gasteiger partial charge on any atom is -0.463 e. The lowest BCUT2D eigenvalue weighted by Gasteiger charge is -2.03. The van der Waals surface area contributed by atoms with E-state index in [1.165, 1.54) is 6.26 Å². The lowest BCUT2D eigenvalue weighted by Crippen LogP contribution is -2.04. The molecular weight excluding hydrogens is 400 g/mol. The standard InChI is InChI=1S/C25H15ClO4/c1-14-18-11-19-21(29-13-20(24(19)28)15-7-9-17(26)10-8-15)12-22(18)30-25(14)23(27)16-5-3-2-4-6-16/h2-13H,1H3. The zero-order valence-corrected chi connectivity index (χ0v) is 16.7. The van der Waals surface area contributed by atoms with Gasteiger partial charge in [0.25, 0.3) is 0 Å². The first-order chi connectivity index (χ1) is 14.5. The fraction of sp³-hybridized carbons (Fsp3) is 0.0400. The topological polar surface area (TPSA) is 60.4 Å². The first-order valence-electron chi connectivity index (χ1n) is 9.37. The van der Waals surface area contributed by atoms with Crippen LogP contribution in [0.3, 0.4) is 0 Å². The third-order valence-electron chi connectivity index (χ3n) is 5.23. The Morgan fingerprint density at radius 2 is 1.63 bits per heavy atom. The molecule has 0 radical (unpaired) electrons. The molecule has 0 N–H and O–H groups in total. The second kappa shape index (κ2) is 7.01. The van der Waals surface area contributed by atoms with Crippen molar-refractivity contribution in [1.29, 1.82) is 0 Å². The molecule has 0 aliphatic heterocycles. The van der Waals surface area contributed by atoms with E-state index >= 15 is 0 Å². The minimum absolute atomic E-state index is 0.156. The van der Waals surface area contributed by atoms with Crippen LogP contribution in [-0.4, -0.2) is 5.78 Å². The zero-order chi connectivity index (χ0) is 20.8. The van der Waals surface area contributed by atoms with Crippen LogP contribution in [-0.2, 0) is 0 Å². The molecule has 0 unspecified atom stereocenters. The summed E-state index contributed by atoms with van der Waals surface area (Å²) in [7, 11) is 0. The van der Waals surface area contributed by atoms with Crippen molar-refractivity contribution in [1.82, 2.24) is 0 Å². The quantitative estimate of drug-likeness (QED) is 0.320. The van der Waals surface area contributed by atoms with Gasteiger partial charge in [0.15, 0.2) is 5.76 Å². The first kappa shape index (κ1) is 18.4. The Hall–Kier alpha value is -3.63. The van der Waals surface area contributed by atoms with Gasteiger partial charge in [-0.15, -0.1) is 0 Å². The van der Waals surface area contributed by atoms with Crippen LogP contribution in [0.4, 0.5) is 0 Å². The van der Waals surface area contributed by atoms with Crippen LogP contribution in [0, 0.1) is 6.92 Å². The van der Waals surface area contributed by atoms with Crippen LogP contribution in [0.25, 0.3) is 33.1 Å². The number of carbonyl (C=O) groups excluding carboxylic acids is 1. The number of fused-ring (bicyclic) bond motifs is 2. The highest BCUT2D eigenvalue weighted by atomic mass is 35.5. The second-order valence-electron chi connectivity index (χ2n) is 7.08. The molecule has 0 saturated heterocycles. The van der Waals surface area contributed by atoms with Crippen molar-refractivity contribution in [3.05, 3.63) is 105 Å².